The van der Waals surface area contributed by atoms with Gasteiger partial charge in [0.2, 0.25) is 0 Å². The van der Waals surface area contributed by atoms with Crippen LogP contribution in [0.2, 0.25) is 0 Å². The molecule has 1 aromatic carbocycles. The average molecular weight is 391 g/mol. The van der Waals surface area contributed by atoms with Gasteiger partial charge in [-0.05, 0) is 44.6 Å². The average Bonchev–Trinajstić information content (AvgIpc) is 2.13. The van der Waals surface area contributed by atoms with Gasteiger partial charge in [0.1, 0.15) is 6.07 Å². The number of nitriles is 1. The second-order valence-electron chi connectivity index (χ2n) is 2.62. The van der Waals surface area contributed by atoms with E-state index < -0.39 is 11.7 Å². The molecule has 0 aliphatic carbocycles. The van der Waals surface area contributed by atoms with Crippen molar-refractivity contribution in [3.05, 3.63) is 25.2 Å². The fourth-order valence-electron chi connectivity index (χ4n) is 0.939. The van der Waals surface area contributed by atoms with Crippen molar-refractivity contribution in [2.45, 2.75) is 6.18 Å². The fraction of sp³-hybridized carbons (Fsp3) is 0.125. The predicted molar refractivity (Wildman–Crippen MR) is 61.0 cm³/mol. The number of halogens is 5. The van der Waals surface area contributed by atoms with Crippen molar-refractivity contribution >= 4 is 44.2 Å². The molecule has 80 valence electrons. The van der Waals surface area contributed by atoms with Crippen LogP contribution in [0.4, 0.5) is 18.9 Å². The van der Waals surface area contributed by atoms with Gasteiger partial charge in [0.15, 0.2) is 0 Å². The molecule has 0 atom stereocenters. The first-order valence-corrected chi connectivity index (χ1v) is 5.41. The highest BCUT2D eigenvalue weighted by molar-refractivity contribution is 14.1. The number of nitrogen functional groups attached to an aromatic ring is 1. The van der Waals surface area contributed by atoms with Crippen molar-refractivity contribution < 1.29 is 13.2 Å². The Bertz CT molecular complexity index is 451. The maximum Gasteiger partial charge on any atom is 0.417 e. The summed E-state index contributed by atoms with van der Waals surface area (Å²) in [6.45, 7) is 0. The molecule has 15 heavy (non-hydrogen) atoms. The van der Waals surface area contributed by atoms with E-state index in [1.165, 1.54) is 0 Å². The molecule has 0 bridgehead atoms. The molecule has 0 saturated heterocycles. The van der Waals surface area contributed by atoms with Crippen molar-refractivity contribution in [3.8, 4) is 6.07 Å². The monoisotopic (exact) mass is 390 g/mol. The normalized spacial score (nSPS) is 11.2. The van der Waals surface area contributed by atoms with E-state index in [-0.39, 0.29) is 19.3 Å². The van der Waals surface area contributed by atoms with Crippen LogP contribution in [0, 0.1) is 14.9 Å². The number of rotatable bonds is 0. The Kier molecular flexibility index (Phi) is 3.50. The molecule has 0 fully saturated rings. The van der Waals surface area contributed by atoms with E-state index in [1.54, 1.807) is 28.7 Å². The summed E-state index contributed by atoms with van der Waals surface area (Å²) in [5.41, 5.74) is 4.47. The van der Waals surface area contributed by atoms with Crippen LogP contribution in [0.5, 0.6) is 0 Å². The smallest absolute Gasteiger partial charge is 0.397 e. The zero-order valence-electron chi connectivity index (χ0n) is 6.99. The number of benzene rings is 1. The van der Waals surface area contributed by atoms with Crippen LogP contribution in [0.25, 0.3) is 0 Å². The maximum atomic E-state index is 12.5. The van der Waals surface area contributed by atoms with Gasteiger partial charge in [-0.2, -0.15) is 18.4 Å². The van der Waals surface area contributed by atoms with E-state index in [0.717, 1.165) is 6.07 Å². The first kappa shape index (κ1) is 12.6. The number of anilines is 1. The van der Waals surface area contributed by atoms with Crippen molar-refractivity contribution in [3.63, 3.8) is 0 Å². The van der Waals surface area contributed by atoms with Gasteiger partial charge in [0, 0.05) is 4.47 Å². The molecule has 0 heterocycles. The Morgan fingerprint density at radius 2 is 2.00 bits per heavy atom. The second kappa shape index (κ2) is 4.17. The molecule has 2 nitrogen and oxygen atoms in total. The minimum atomic E-state index is -4.50. The molecule has 0 aromatic heterocycles. The van der Waals surface area contributed by atoms with Crippen molar-refractivity contribution in [2.24, 2.45) is 0 Å². The predicted octanol–water partition coefficient (Wildman–Crippen LogP) is 3.53. The van der Waals surface area contributed by atoms with Crippen LogP contribution in [-0.4, -0.2) is 0 Å². The lowest BCUT2D eigenvalue weighted by molar-refractivity contribution is -0.138. The molecule has 0 aliphatic heterocycles. The number of alkyl halides is 3. The lowest BCUT2D eigenvalue weighted by Gasteiger charge is -2.12. The van der Waals surface area contributed by atoms with Crippen molar-refractivity contribution in [2.75, 3.05) is 5.73 Å². The quantitative estimate of drug-likeness (QED) is 0.544. The highest BCUT2D eigenvalue weighted by Crippen LogP contribution is 2.40. The molecule has 0 spiro atoms. The lowest BCUT2D eigenvalue weighted by atomic mass is 10.1. The van der Waals surface area contributed by atoms with Gasteiger partial charge in [-0.15, -0.1) is 0 Å². The summed E-state index contributed by atoms with van der Waals surface area (Å²) in [6.07, 6.45) is -4.50. The maximum absolute atomic E-state index is 12.5. The SMILES string of the molecule is N#Cc1cc(C(F)(F)F)c(Br)c(I)c1N. The van der Waals surface area contributed by atoms with E-state index in [0.29, 0.717) is 0 Å². The van der Waals surface area contributed by atoms with Crippen LogP contribution in [0.3, 0.4) is 0 Å². The highest BCUT2D eigenvalue weighted by Gasteiger charge is 2.35. The third kappa shape index (κ3) is 2.36. The fourth-order valence-corrected chi connectivity index (χ4v) is 2.07. The van der Waals surface area contributed by atoms with Crippen LogP contribution >= 0.6 is 38.5 Å². The minimum Gasteiger partial charge on any atom is -0.397 e. The van der Waals surface area contributed by atoms with Gasteiger partial charge >= 0.3 is 6.18 Å². The summed E-state index contributed by atoms with van der Waals surface area (Å²) in [7, 11) is 0. The largest absolute Gasteiger partial charge is 0.417 e. The third-order valence-electron chi connectivity index (χ3n) is 1.67. The minimum absolute atomic E-state index is 0.0537. The first-order chi connectivity index (χ1) is 6.79. The molecule has 0 amide bonds. The molecular weight excluding hydrogens is 388 g/mol. The molecular formula is C8H3BrF3IN2. The van der Waals surface area contributed by atoms with E-state index in [9.17, 15) is 13.2 Å². The molecule has 1 aromatic rings. The summed E-state index contributed by atoms with van der Waals surface area (Å²) >= 11 is 4.47. The van der Waals surface area contributed by atoms with Gasteiger partial charge in [-0.1, -0.05) is 0 Å². The molecule has 0 unspecified atom stereocenters. The van der Waals surface area contributed by atoms with Crippen LogP contribution in [0.1, 0.15) is 11.1 Å². The van der Waals surface area contributed by atoms with Crippen LogP contribution in [-0.2, 0) is 6.18 Å². The Morgan fingerprint density at radius 3 is 2.40 bits per heavy atom. The Morgan fingerprint density at radius 1 is 1.47 bits per heavy atom. The van der Waals surface area contributed by atoms with Gasteiger partial charge < -0.3 is 5.73 Å². The number of nitrogens with zero attached hydrogens (tertiary/aromatic N) is 1. The van der Waals surface area contributed by atoms with Crippen LogP contribution < -0.4 is 5.73 Å². The highest BCUT2D eigenvalue weighted by atomic mass is 127. The molecule has 0 saturated carbocycles. The van der Waals surface area contributed by atoms with E-state index in [2.05, 4.69) is 15.9 Å². The van der Waals surface area contributed by atoms with Crippen molar-refractivity contribution in [1.29, 1.82) is 5.26 Å². The van der Waals surface area contributed by atoms with E-state index >= 15 is 0 Å². The zero-order valence-corrected chi connectivity index (χ0v) is 10.7. The van der Waals surface area contributed by atoms with E-state index in [4.69, 9.17) is 11.0 Å². The summed E-state index contributed by atoms with van der Waals surface area (Å²) in [4.78, 5) is 0. The first-order valence-electron chi connectivity index (χ1n) is 3.53. The summed E-state index contributed by atoms with van der Waals surface area (Å²) in [6, 6.07) is 2.36. The molecule has 0 radical (unpaired) electrons. The molecule has 0 aliphatic rings. The molecule has 7 heteroatoms. The Labute approximate surface area is 106 Å². The van der Waals surface area contributed by atoms with Gasteiger partial charge in [0.05, 0.1) is 20.4 Å². The standard InChI is InChI=1S/C8H3BrF3IN2/c9-5-4(8(10,11)12)1-3(2-14)7(15)6(5)13/h1H,15H2. The summed E-state index contributed by atoms with van der Waals surface area (Å²) < 4.78 is 37.5. The van der Waals surface area contributed by atoms with E-state index in [1.807, 2.05) is 0 Å². The third-order valence-corrected chi connectivity index (χ3v) is 4.36. The number of hydrogen-bond acceptors (Lipinski definition) is 2. The Balaban J connectivity index is 3.58. The number of hydrogen-bond donors (Lipinski definition) is 1. The van der Waals surface area contributed by atoms with Crippen molar-refractivity contribution in [1.82, 2.24) is 0 Å². The topological polar surface area (TPSA) is 49.8 Å². The molecule has 1 rings (SSSR count). The van der Waals surface area contributed by atoms with Gasteiger partial charge in [-0.3, -0.25) is 0 Å². The molecule has 2 N–H and O–H groups in total. The summed E-state index contributed by atoms with van der Waals surface area (Å²) in [5.74, 6) is 0. The second-order valence-corrected chi connectivity index (χ2v) is 4.49. The summed E-state index contributed by atoms with van der Waals surface area (Å²) in [5, 5.41) is 8.61. The van der Waals surface area contributed by atoms with Crippen LogP contribution in [0.15, 0.2) is 10.5 Å². The lowest BCUT2D eigenvalue weighted by Crippen LogP contribution is -2.09. The van der Waals surface area contributed by atoms with Gasteiger partial charge in [-0.25, -0.2) is 0 Å². The number of nitrogens with two attached hydrogens (primary N) is 1. The zero-order chi connectivity index (χ0) is 11.8. The van der Waals surface area contributed by atoms with Gasteiger partial charge in [0.25, 0.3) is 0 Å². The Hall–Kier alpha value is -0.490.